The molecule has 2 aromatic carbocycles. The van der Waals surface area contributed by atoms with Gasteiger partial charge >= 0.3 is 0 Å². The Bertz CT molecular complexity index is 952. The van der Waals surface area contributed by atoms with E-state index >= 15 is 0 Å². The van der Waals surface area contributed by atoms with Gasteiger partial charge in [-0.2, -0.15) is 0 Å². The van der Waals surface area contributed by atoms with Gasteiger partial charge in [-0.1, -0.05) is 30.3 Å². The summed E-state index contributed by atoms with van der Waals surface area (Å²) in [5.41, 5.74) is 5.41. The van der Waals surface area contributed by atoms with Crippen molar-refractivity contribution in [2.75, 3.05) is 14.1 Å². The molecule has 1 unspecified atom stereocenters. The minimum absolute atomic E-state index is 0.0867. The molecule has 132 valence electrons. The van der Waals surface area contributed by atoms with E-state index in [9.17, 15) is 8.78 Å². The number of halogens is 2. The molecule has 2 nitrogen and oxygen atoms in total. The highest BCUT2D eigenvalue weighted by Gasteiger charge is 2.34. The number of hydrogen-bond donors (Lipinski definition) is 0. The lowest BCUT2D eigenvalue weighted by Crippen LogP contribution is -2.25. The molecular formula is C22H20F2N2. The molecule has 0 saturated carbocycles. The summed E-state index contributed by atoms with van der Waals surface area (Å²) in [5.74, 6) is -1.04. The van der Waals surface area contributed by atoms with E-state index in [2.05, 4.69) is 30.0 Å². The van der Waals surface area contributed by atoms with Crippen LogP contribution < -0.4 is 0 Å². The zero-order chi connectivity index (χ0) is 18.4. The van der Waals surface area contributed by atoms with Crippen LogP contribution in [-0.4, -0.2) is 23.9 Å². The Labute approximate surface area is 152 Å². The molecule has 1 atom stereocenters. The third kappa shape index (κ3) is 2.45. The van der Waals surface area contributed by atoms with Crippen molar-refractivity contribution in [3.8, 4) is 0 Å². The summed E-state index contributed by atoms with van der Waals surface area (Å²) >= 11 is 0. The Kier molecular flexibility index (Phi) is 3.91. The molecule has 26 heavy (non-hydrogen) atoms. The first-order chi connectivity index (χ1) is 12.5. The normalized spacial score (nSPS) is 19.1. The van der Waals surface area contributed by atoms with Crippen LogP contribution in [0.3, 0.4) is 0 Å². The number of allylic oxidation sites excluding steroid dienone is 2. The Hall–Kier alpha value is -2.88. The van der Waals surface area contributed by atoms with Gasteiger partial charge in [0.1, 0.15) is 11.6 Å². The van der Waals surface area contributed by atoms with Gasteiger partial charge in [0.25, 0.3) is 0 Å². The number of fused-ring (bicyclic) bond motifs is 1. The maximum atomic E-state index is 14.3. The summed E-state index contributed by atoms with van der Waals surface area (Å²) in [6.07, 6.45) is 6.01. The summed E-state index contributed by atoms with van der Waals surface area (Å²) in [7, 11) is 3.86. The summed E-state index contributed by atoms with van der Waals surface area (Å²) in [6, 6.07) is 11.7. The predicted octanol–water partition coefficient (Wildman–Crippen LogP) is 5.01. The van der Waals surface area contributed by atoms with Crippen LogP contribution in [0.4, 0.5) is 8.78 Å². The molecular weight excluding hydrogens is 330 g/mol. The van der Waals surface area contributed by atoms with Crippen LogP contribution >= 0.6 is 0 Å². The molecule has 2 aliphatic heterocycles. The fourth-order valence-corrected chi connectivity index (χ4v) is 3.76. The van der Waals surface area contributed by atoms with E-state index in [1.165, 1.54) is 23.8 Å². The number of benzene rings is 2. The molecule has 0 saturated heterocycles. The van der Waals surface area contributed by atoms with Gasteiger partial charge in [-0.15, -0.1) is 0 Å². The molecule has 0 N–H and O–H groups in total. The molecule has 2 aliphatic rings. The van der Waals surface area contributed by atoms with Crippen molar-refractivity contribution >= 4 is 5.70 Å². The zero-order valence-corrected chi connectivity index (χ0v) is 15.0. The molecule has 4 rings (SSSR count). The lowest BCUT2D eigenvalue weighted by Gasteiger charge is -2.31. The van der Waals surface area contributed by atoms with Gasteiger partial charge in [-0.3, -0.25) is 0 Å². The first kappa shape index (κ1) is 16.6. The average molecular weight is 350 g/mol. The number of likely N-dealkylation sites (N-methyl/N-ethyl adjacent to an activating group) is 2. The standard InChI is InChI=1S/C22H20F2N2/c1-14-7-4-5-8-15(14)18-11-12-19-20(25(18)2)13-21(26(19)3)22-16(23)9-6-10-17(22)24/h4-13,21H,1-3H3. The highest BCUT2D eigenvalue weighted by molar-refractivity contribution is 5.73. The molecule has 2 heterocycles. The molecule has 0 aromatic heterocycles. The summed E-state index contributed by atoms with van der Waals surface area (Å²) in [6.45, 7) is 2.08. The van der Waals surface area contributed by atoms with Gasteiger partial charge in [-0.05, 0) is 42.8 Å². The average Bonchev–Trinajstić information content (AvgIpc) is 2.94. The van der Waals surface area contributed by atoms with Crippen LogP contribution in [0.1, 0.15) is 22.7 Å². The second-order valence-electron chi connectivity index (χ2n) is 6.72. The zero-order valence-electron chi connectivity index (χ0n) is 15.0. The van der Waals surface area contributed by atoms with Crippen LogP contribution in [0.5, 0.6) is 0 Å². The highest BCUT2D eigenvalue weighted by Crippen LogP contribution is 2.43. The van der Waals surface area contributed by atoms with Crippen molar-refractivity contribution in [3.05, 3.63) is 100 Å². The van der Waals surface area contributed by atoms with E-state index in [0.717, 1.165) is 22.7 Å². The van der Waals surface area contributed by atoms with Crippen molar-refractivity contribution in [1.29, 1.82) is 0 Å². The SMILES string of the molecule is Cc1ccccc1C1=CC=C2C(=CC(c3c(F)cccc3F)N2C)N1C. The molecule has 2 aromatic rings. The van der Waals surface area contributed by atoms with Gasteiger partial charge in [-0.25, -0.2) is 8.78 Å². The fraction of sp³-hybridized carbons (Fsp3) is 0.182. The fourth-order valence-electron chi connectivity index (χ4n) is 3.76. The Morgan fingerprint density at radius 2 is 1.46 bits per heavy atom. The third-order valence-corrected chi connectivity index (χ3v) is 5.21. The van der Waals surface area contributed by atoms with Crippen LogP contribution in [0, 0.1) is 18.6 Å². The maximum absolute atomic E-state index is 14.3. The Morgan fingerprint density at radius 3 is 2.15 bits per heavy atom. The molecule has 0 spiro atoms. The van der Waals surface area contributed by atoms with E-state index in [-0.39, 0.29) is 5.56 Å². The molecule has 4 heteroatoms. The van der Waals surface area contributed by atoms with E-state index in [4.69, 9.17) is 0 Å². The smallest absolute Gasteiger partial charge is 0.131 e. The molecule has 0 amide bonds. The molecule has 0 aliphatic carbocycles. The van der Waals surface area contributed by atoms with Crippen LogP contribution in [0.15, 0.2) is 72.1 Å². The molecule has 0 radical (unpaired) electrons. The van der Waals surface area contributed by atoms with Gasteiger partial charge in [0.15, 0.2) is 0 Å². The second-order valence-corrected chi connectivity index (χ2v) is 6.72. The van der Waals surface area contributed by atoms with E-state index in [0.29, 0.717) is 0 Å². The van der Waals surface area contributed by atoms with Crippen LogP contribution in [0.2, 0.25) is 0 Å². The highest BCUT2D eigenvalue weighted by atomic mass is 19.1. The summed E-state index contributed by atoms with van der Waals surface area (Å²) in [5, 5.41) is 0. The lowest BCUT2D eigenvalue weighted by atomic mass is 10.0. The van der Waals surface area contributed by atoms with Gasteiger partial charge in [0.2, 0.25) is 0 Å². The Morgan fingerprint density at radius 1 is 0.808 bits per heavy atom. The number of aryl methyl sites for hydroxylation is 1. The first-order valence-corrected chi connectivity index (χ1v) is 8.59. The van der Waals surface area contributed by atoms with Crippen LogP contribution in [-0.2, 0) is 0 Å². The Balaban J connectivity index is 1.78. The van der Waals surface area contributed by atoms with Gasteiger partial charge in [0.05, 0.1) is 17.4 Å². The summed E-state index contributed by atoms with van der Waals surface area (Å²) < 4.78 is 28.6. The predicted molar refractivity (Wildman–Crippen MR) is 99.9 cm³/mol. The first-order valence-electron chi connectivity index (χ1n) is 8.59. The minimum atomic E-state index is -0.521. The van der Waals surface area contributed by atoms with Crippen molar-refractivity contribution in [2.24, 2.45) is 0 Å². The van der Waals surface area contributed by atoms with Gasteiger partial charge in [0, 0.05) is 30.9 Å². The largest absolute Gasteiger partial charge is 0.362 e. The number of hydrogen-bond acceptors (Lipinski definition) is 2. The third-order valence-electron chi connectivity index (χ3n) is 5.21. The van der Waals surface area contributed by atoms with E-state index in [1.54, 1.807) is 0 Å². The quantitative estimate of drug-likeness (QED) is 0.751. The summed E-state index contributed by atoms with van der Waals surface area (Å²) in [4.78, 5) is 4.01. The van der Waals surface area contributed by atoms with E-state index in [1.807, 2.05) is 43.3 Å². The van der Waals surface area contributed by atoms with Crippen molar-refractivity contribution in [2.45, 2.75) is 13.0 Å². The maximum Gasteiger partial charge on any atom is 0.131 e. The molecule has 0 bridgehead atoms. The van der Waals surface area contributed by atoms with Crippen molar-refractivity contribution < 1.29 is 8.78 Å². The monoisotopic (exact) mass is 350 g/mol. The van der Waals surface area contributed by atoms with Crippen molar-refractivity contribution in [1.82, 2.24) is 9.80 Å². The minimum Gasteiger partial charge on any atom is -0.362 e. The lowest BCUT2D eigenvalue weighted by molar-refractivity contribution is 0.361. The van der Waals surface area contributed by atoms with Gasteiger partial charge < -0.3 is 9.80 Å². The van der Waals surface area contributed by atoms with Crippen molar-refractivity contribution in [3.63, 3.8) is 0 Å². The topological polar surface area (TPSA) is 6.48 Å². The van der Waals surface area contributed by atoms with E-state index < -0.39 is 17.7 Å². The second kappa shape index (κ2) is 6.13. The number of rotatable bonds is 2. The van der Waals surface area contributed by atoms with Crippen LogP contribution in [0.25, 0.3) is 5.70 Å². The number of nitrogens with zero attached hydrogens (tertiary/aromatic N) is 2. The molecule has 0 fully saturated rings.